The fourth-order valence-corrected chi connectivity index (χ4v) is 4.81. The molecule has 4 rings (SSSR count). The zero-order chi connectivity index (χ0) is 24.6. The van der Waals surface area contributed by atoms with Crippen molar-refractivity contribution >= 4 is 28.2 Å². The Morgan fingerprint density at radius 3 is 2.12 bits per heavy atom. The Hall–Kier alpha value is -3.73. The molecule has 0 aliphatic carbocycles. The van der Waals surface area contributed by atoms with Crippen LogP contribution in [0.25, 0.3) is 22.0 Å². The van der Waals surface area contributed by atoms with E-state index in [1.165, 1.54) is 22.2 Å². The smallest absolute Gasteiger partial charge is 0.336 e. The first-order valence-corrected chi connectivity index (χ1v) is 11.6. The number of aromatic carboxylic acids is 1. The summed E-state index contributed by atoms with van der Waals surface area (Å²) < 4.78 is 2.35. The summed E-state index contributed by atoms with van der Waals surface area (Å²) in [6, 6.07) is 20.7. The summed E-state index contributed by atoms with van der Waals surface area (Å²) in [5, 5.41) is 11.2. The van der Waals surface area contributed by atoms with E-state index in [9.17, 15) is 9.90 Å². The van der Waals surface area contributed by atoms with E-state index in [2.05, 4.69) is 65.8 Å². The maximum absolute atomic E-state index is 12.1. The molecule has 0 spiro atoms. The lowest BCUT2D eigenvalue weighted by molar-refractivity contribution is 0.0696. The van der Waals surface area contributed by atoms with Crippen molar-refractivity contribution in [2.24, 2.45) is 0 Å². The first-order valence-electron chi connectivity index (χ1n) is 11.6. The molecule has 34 heavy (non-hydrogen) atoms. The molecule has 0 saturated heterocycles. The van der Waals surface area contributed by atoms with Crippen LogP contribution in [0, 0.1) is 6.92 Å². The standard InChI is InChI=1S/C29H33N3O2/c1-7-32-19(2)28(24-10-8-9-11-27(24)32)25-17-22(30(3)4)14-12-20(25)16-21-13-15-23(31(5)6)18-26(21)29(33)34/h8-15,17-18H,7,16H2,1-6H3,(H,33,34). The molecule has 0 aliphatic heterocycles. The van der Waals surface area contributed by atoms with Gasteiger partial charge in [0.2, 0.25) is 0 Å². The summed E-state index contributed by atoms with van der Waals surface area (Å²) in [6.45, 7) is 5.25. The van der Waals surface area contributed by atoms with Gasteiger partial charge in [-0.1, -0.05) is 30.3 Å². The topological polar surface area (TPSA) is 48.7 Å². The van der Waals surface area contributed by atoms with E-state index in [1.54, 1.807) is 6.07 Å². The molecule has 0 amide bonds. The number of nitrogens with zero attached hydrogens (tertiary/aromatic N) is 3. The first-order chi connectivity index (χ1) is 16.2. The van der Waals surface area contributed by atoms with Crippen LogP contribution in [0.1, 0.15) is 34.1 Å². The Morgan fingerprint density at radius 1 is 0.882 bits per heavy atom. The van der Waals surface area contributed by atoms with Gasteiger partial charge in [0.1, 0.15) is 0 Å². The Bertz CT molecular complexity index is 1370. The van der Waals surface area contributed by atoms with Crippen molar-refractivity contribution in [1.82, 2.24) is 4.57 Å². The van der Waals surface area contributed by atoms with Crippen LogP contribution in [0.2, 0.25) is 0 Å². The van der Waals surface area contributed by atoms with Crippen LogP contribution in [-0.4, -0.2) is 43.8 Å². The second-order valence-electron chi connectivity index (χ2n) is 9.18. The van der Waals surface area contributed by atoms with Crippen molar-refractivity contribution in [3.63, 3.8) is 0 Å². The highest BCUT2D eigenvalue weighted by Crippen LogP contribution is 2.39. The zero-order valence-corrected chi connectivity index (χ0v) is 20.9. The molecule has 1 aromatic heterocycles. The number of aryl methyl sites for hydroxylation is 1. The van der Waals surface area contributed by atoms with Gasteiger partial charge in [0.05, 0.1) is 5.56 Å². The van der Waals surface area contributed by atoms with E-state index < -0.39 is 5.97 Å². The molecule has 3 aromatic carbocycles. The van der Waals surface area contributed by atoms with Crippen LogP contribution in [0.3, 0.4) is 0 Å². The van der Waals surface area contributed by atoms with Crippen LogP contribution in [0.15, 0.2) is 60.7 Å². The van der Waals surface area contributed by atoms with Crippen molar-refractivity contribution in [2.75, 3.05) is 38.0 Å². The number of hydrogen-bond donors (Lipinski definition) is 1. The molecular formula is C29H33N3O2. The van der Waals surface area contributed by atoms with E-state index in [0.29, 0.717) is 12.0 Å². The Balaban J connectivity index is 1.94. The average molecular weight is 456 g/mol. The van der Waals surface area contributed by atoms with Crippen LogP contribution >= 0.6 is 0 Å². The molecule has 176 valence electrons. The van der Waals surface area contributed by atoms with Crippen LogP contribution in [-0.2, 0) is 13.0 Å². The third-order valence-corrected chi connectivity index (χ3v) is 6.65. The number of fused-ring (bicyclic) bond motifs is 1. The van der Waals surface area contributed by atoms with Gasteiger partial charge in [0.25, 0.3) is 0 Å². The number of carboxylic acids is 1. The predicted octanol–water partition coefficient (Wildman–Crippen LogP) is 6.06. The van der Waals surface area contributed by atoms with E-state index >= 15 is 0 Å². The molecule has 0 saturated carbocycles. The van der Waals surface area contributed by atoms with Gasteiger partial charge in [-0.2, -0.15) is 0 Å². The molecular weight excluding hydrogens is 422 g/mol. The van der Waals surface area contributed by atoms with Crippen molar-refractivity contribution in [3.8, 4) is 11.1 Å². The summed E-state index contributed by atoms with van der Waals surface area (Å²) >= 11 is 0. The van der Waals surface area contributed by atoms with Gasteiger partial charge >= 0.3 is 5.97 Å². The van der Waals surface area contributed by atoms with Crippen molar-refractivity contribution in [2.45, 2.75) is 26.8 Å². The van der Waals surface area contributed by atoms with Crippen molar-refractivity contribution in [3.05, 3.63) is 83.0 Å². The largest absolute Gasteiger partial charge is 0.478 e. The minimum absolute atomic E-state index is 0.349. The molecule has 5 nitrogen and oxygen atoms in total. The number of rotatable bonds is 7. The Morgan fingerprint density at radius 2 is 1.50 bits per heavy atom. The number of anilines is 2. The van der Waals surface area contributed by atoms with E-state index in [4.69, 9.17) is 0 Å². The SMILES string of the molecule is CCn1c(C)c(-c2cc(N(C)C)ccc2Cc2ccc(N(C)C)cc2C(=O)O)c2ccccc21. The molecule has 0 fully saturated rings. The Kier molecular flexibility index (Phi) is 6.38. The summed E-state index contributed by atoms with van der Waals surface area (Å²) in [7, 11) is 7.93. The maximum atomic E-state index is 12.1. The van der Waals surface area contributed by atoms with Gasteiger partial charge in [-0.15, -0.1) is 0 Å². The molecule has 0 bridgehead atoms. The molecule has 0 aliphatic rings. The van der Waals surface area contributed by atoms with Crippen LogP contribution in [0.4, 0.5) is 11.4 Å². The van der Waals surface area contributed by atoms with E-state index in [1.807, 2.05) is 45.2 Å². The van der Waals surface area contributed by atoms with Crippen LogP contribution < -0.4 is 9.80 Å². The third kappa shape index (κ3) is 4.14. The van der Waals surface area contributed by atoms with Crippen molar-refractivity contribution < 1.29 is 9.90 Å². The van der Waals surface area contributed by atoms with Gasteiger partial charge in [-0.3, -0.25) is 0 Å². The van der Waals surface area contributed by atoms with E-state index in [-0.39, 0.29) is 0 Å². The predicted molar refractivity (Wildman–Crippen MR) is 143 cm³/mol. The first kappa shape index (κ1) is 23.4. The minimum Gasteiger partial charge on any atom is -0.478 e. The minimum atomic E-state index is -0.899. The number of hydrogen-bond acceptors (Lipinski definition) is 3. The number of benzene rings is 3. The van der Waals surface area contributed by atoms with Gasteiger partial charge in [-0.05, 0) is 67.3 Å². The van der Waals surface area contributed by atoms with E-state index in [0.717, 1.165) is 34.6 Å². The maximum Gasteiger partial charge on any atom is 0.336 e. The van der Waals surface area contributed by atoms with Crippen LogP contribution in [0.5, 0.6) is 0 Å². The number of para-hydroxylation sites is 1. The highest BCUT2D eigenvalue weighted by atomic mass is 16.4. The molecule has 0 atom stereocenters. The molecule has 5 heteroatoms. The average Bonchev–Trinajstić information content (AvgIpc) is 3.10. The van der Waals surface area contributed by atoms with Gasteiger partial charge in [-0.25, -0.2) is 4.79 Å². The van der Waals surface area contributed by atoms with Crippen molar-refractivity contribution in [1.29, 1.82) is 0 Å². The van der Waals surface area contributed by atoms with Gasteiger partial charge in [0.15, 0.2) is 0 Å². The lowest BCUT2D eigenvalue weighted by Crippen LogP contribution is -2.12. The second-order valence-corrected chi connectivity index (χ2v) is 9.18. The highest BCUT2D eigenvalue weighted by Gasteiger charge is 2.20. The third-order valence-electron chi connectivity index (χ3n) is 6.65. The molecule has 1 N–H and O–H groups in total. The molecule has 1 heterocycles. The molecule has 0 radical (unpaired) electrons. The molecule has 4 aromatic rings. The zero-order valence-electron chi connectivity index (χ0n) is 20.9. The Labute approximate surface area is 201 Å². The lowest BCUT2D eigenvalue weighted by atomic mass is 9.91. The fraction of sp³-hybridized carbons (Fsp3) is 0.276. The van der Waals surface area contributed by atoms with Gasteiger partial charge in [0, 0.05) is 68.3 Å². The normalized spacial score (nSPS) is 11.1. The lowest BCUT2D eigenvalue weighted by Gasteiger charge is -2.19. The fourth-order valence-electron chi connectivity index (χ4n) is 4.81. The summed E-state index contributed by atoms with van der Waals surface area (Å²) in [6.07, 6.45) is 0.545. The monoisotopic (exact) mass is 455 g/mol. The van der Waals surface area contributed by atoms with Gasteiger partial charge < -0.3 is 19.5 Å². The quantitative estimate of drug-likeness (QED) is 0.368. The molecule has 0 unspecified atom stereocenters. The summed E-state index contributed by atoms with van der Waals surface area (Å²) in [5.41, 5.74) is 9.10. The second kappa shape index (κ2) is 9.26. The number of carboxylic acid groups (broad SMARTS) is 1. The summed E-state index contributed by atoms with van der Waals surface area (Å²) in [5.74, 6) is -0.899. The summed E-state index contributed by atoms with van der Waals surface area (Å²) in [4.78, 5) is 16.2. The number of carbonyl (C=O) groups is 1. The highest BCUT2D eigenvalue weighted by molar-refractivity contribution is 5.99. The number of aromatic nitrogens is 1.